The molecule has 0 saturated carbocycles. The summed E-state index contributed by atoms with van der Waals surface area (Å²) in [5.41, 5.74) is 5.04. The third-order valence-corrected chi connectivity index (χ3v) is 4.37. The van der Waals surface area contributed by atoms with Crippen LogP contribution in [0.25, 0.3) is 22.4 Å². The molecule has 30 heavy (non-hydrogen) atoms. The van der Waals surface area contributed by atoms with Crippen molar-refractivity contribution in [1.82, 2.24) is 15.4 Å². The second kappa shape index (κ2) is 7.84. The van der Waals surface area contributed by atoms with Gasteiger partial charge in [0, 0.05) is 22.8 Å². The summed E-state index contributed by atoms with van der Waals surface area (Å²) in [6, 6.07) is 18.5. The highest BCUT2D eigenvalue weighted by Crippen LogP contribution is 2.25. The van der Waals surface area contributed by atoms with E-state index < -0.39 is 22.3 Å². The van der Waals surface area contributed by atoms with Crippen molar-refractivity contribution in [2.75, 3.05) is 0 Å². The molecule has 0 aliphatic heterocycles. The van der Waals surface area contributed by atoms with E-state index in [1.54, 1.807) is 18.2 Å². The number of benzene rings is 3. The Morgan fingerprint density at radius 3 is 2.70 bits per heavy atom. The number of carbonyl (C=O) groups excluding carboxylic acids is 1. The molecule has 1 amide bonds. The molecule has 0 atom stereocenters. The van der Waals surface area contributed by atoms with Crippen molar-refractivity contribution in [2.45, 2.75) is 0 Å². The quantitative estimate of drug-likeness (QED) is 0.267. The number of nitrogens with one attached hydrogen (secondary N) is 2. The van der Waals surface area contributed by atoms with Gasteiger partial charge in [-0.15, -0.1) is 0 Å². The van der Waals surface area contributed by atoms with Crippen molar-refractivity contribution < 1.29 is 14.8 Å². The normalized spacial score (nSPS) is 11.1. The van der Waals surface area contributed by atoms with E-state index in [4.69, 9.17) is 0 Å². The van der Waals surface area contributed by atoms with Crippen LogP contribution in [0.2, 0.25) is 0 Å². The van der Waals surface area contributed by atoms with E-state index in [9.17, 15) is 20.0 Å². The molecule has 0 bridgehead atoms. The fourth-order valence-electron chi connectivity index (χ4n) is 2.88. The monoisotopic (exact) mass is 401 g/mol. The minimum atomic E-state index is -0.700. The summed E-state index contributed by atoms with van der Waals surface area (Å²) in [4.78, 5) is 30.3. The maximum Gasteiger partial charge on any atom is 0.311 e. The van der Waals surface area contributed by atoms with Gasteiger partial charge in [0.15, 0.2) is 5.75 Å². The van der Waals surface area contributed by atoms with Crippen LogP contribution in [-0.4, -0.2) is 32.1 Å². The molecule has 4 rings (SSSR count). The number of amides is 1. The Morgan fingerprint density at radius 2 is 1.93 bits per heavy atom. The van der Waals surface area contributed by atoms with E-state index in [1.165, 1.54) is 18.3 Å². The summed E-state index contributed by atoms with van der Waals surface area (Å²) in [7, 11) is 0. The van der Waals surface area contributed by atoms with Gasteiger partial charge in [-0.25, -0.2) is 10.4 Å². The van der Waals surface area contributed by atoms with Crippen LogP contribution in [0.4, 0.5) is 5.69 Å². The number of aromatic amines is 1. The van der Waals surface area contributed by atoms with Crippen molar-refractivity contribution in [1.29, 1.82) is 0 Å². The molecule has 0 fully saturated rings. The number of imidazole rings is 1. The molecule has 3 N–H and O–H groups in total. The number of rotatable bonds is 5. The summed E-state index contributed by atoms with van der Waals surface area (Å²) in [6.45, 7) is 0. The first-order valence-corrected chi connectivity index (χ1v) is 8.87. The van der Waals surface area contributed by atoms with Crippen LogP contribution in [-0.2, 0) is 0 Å². The summed E-state index contributed by atoms with van der Waals surface area (Å²) in [5.74, 6) is -0.184. The lowest BCUT2D eigenvalue weighted by molar-refractivity contribution is -0.385. The molecule has 9 heteroatoms. The lowest BCUT2D eigenvalue weighted by Gasteiger charge is -2.00. The van der Waals surface area contributed by atoms with Crippen LogP contribution in [0.15, 0.2) is 71.8 Å². The number of hydrogen-bond acceptors (Lipinski definition) is 6. The number of aromatic nitrogens is 2. The molecule has 1 heterocycles. The second-order valence-electron chi connectivity index (χ2n) is 6.39. The number of nitrogens with zero attached hydrogens (tertiary/aromatic N) is 3. The highest BCUT2D eigenvalue weighted by atomic mass is 16.6. The Labute approximate surface area is 169 Å². The van der Waals surface area contributed by atoms with Crippen molar-refractivity contribution in [3.63, 3.8) is 0 Å². The van der Waals surface area contributed by atoms with Gasteiger partial charge < -0.3 is 10.1 Å². The summed E-state index contributed by atoms with van der Waals surface area (Å²) < 4.78 is 0. The molecule has 0 radical (unpaired) electrons. The Hall–Kier alpha value is -4.53. The number of aromatic hydroxyl groups is 1. The van der Waals surface area contributed by atoms with Gasteiger partial charge >= 0.3 is 5.69 Å². The number of phenolic OH excluding ortho intramolecular Hbond substituents is 1. The van der Waals surface area contributed by atoms with Gasteiger partial charge in [0.1, 0.15) is 5.82 Å². The molecule has 0 aliphatic carbocycles. The van der Waals surface area contributed by atoms with E-state index in [2.05, 4.69) is 20.5 Å². The molecule has 0 saturated heterocycles. The maximum absolute atomic E-state index is 12.4. The fourth-order valence-corrected chi connectivity index (χ4v) is 2.88. The van der Waals surface area contributed by atoms with Crippen LogP contribution in [0.1, 0.15) is 15.9 Å². The summed E-state index contributed by atoms with van der Waals surface area (Å²) in [5, 5.41) is 24.2. The second-order valence-corrected chi connectivity index (χ2v) is 6.39. The zero-order chi connectivity index (χ0) is 21.1. The molecule has 0 aliphatic rings. The zero-order valence-electron chi connectivity index (χ0n) is 15.4. The number of hydrazone groups is 1. The minimum absolute atomic E-state index is 0.358. The largest absolute Gasteiger partial charge is 0.502 e. The van der Waals surface area contributed by atoms with Gasteiger partial charge in [-0.1, -0.05) is 30.3 Å². The van der Waals surface area contributed by atoms with E-state index >= 15 is 0 Å². The molecule has 4 aromatic rings. The molecular formula is C21H15N5O4. The minimum Gasteiger partial charge on any atom is -0.502 e. The lowest BCUT2D eigenvalue weighted by Crippen LogP contribution is -2.17. The topological polar surface area (TPSA) is 134 Å². The number of nitro groups is 1. The Bertz CT molecular complexity index is 1280. The molecule has 0 spiro atoms. The predicted octanol–water partition coefficient (Wildman–Crippen LogP) is 3.61. The number of nitro benzene ring substituents is 1. The van der Waals surface area contributed by atoms with Gasteiger partial charge in [-0.3, -0.25) is 14.9 Å². The summed E-state index contributed by atoms with van der Waals surface area (Å²) in [6.07, 6.45) is 1.26. The molecule has 1 aromatic heterocycles. The first-order valence-electron chi connectivity index (χ1n) is 8.87. The number of fused-ring (bicyclic) bond motifs is 1. The molecule has 3 aromatic carbocycles. The van der Waals surface area contributed by atoms with Crippen LogP contribution in [0, 0.1) is 10.1 Å². The lowest BCUT2D eigenvalue weighted by atomic mass is 10.2. The van der Waals surface area contributed by atoms with Crippen molar-refractivity contribution in [3.05, 3.63) is 88.0 Å². The highest BCUT2D eigenvalue weighted by Gasteiger charge is 2.13. The number of H-pyrrole nitrogens is 1. The number of hydrogen-bond donors (Lipinski definition) is 3. The van der Waals surface area contributed by atoms with Gasteiger partial charge in [0.25, 0.3) is 5.91 Å². The first kappa shape index (κ1) is 18.8. The average Bonchev–Trinajstić information content (AvgIpc) is 3.18. The SMILES string of the molecule is O=C(N/N=C/c1ccc(O)c([N+](=O)[O-])c1)c1ccc2nc(-c3ccccc3)[nH]c2c1. The average molecular weight is 401 g/mol. The fraction of sp³-hybridized carbons (Fsp3) is 0. The number of phenols is 1. The van der Waals surface area contributed by atoms with Gasteiger partial charge in [0.05, 0.1) is 22.2 Å². The third-order valence-electron chi connectivity index (χ3n) is 4.37. The van der Waals surface area contributed by atoms with Crippen molar-refractivity contribution >= 4 is 28.8 Å². The zero-order valence-corrected chi connectivity index (χ0v) is 15.4. The van der Waals surface area contributed by atoms with E-state index in [0.717, 1.165) is 17.1 Å². The molecular weight excluding hydrogens is 386 g/mol. The van der Waals surface area contributed by atoms with Crippen LogP contribution in [0.3, 0.4) is 0 Å². The van der Waals surface area contributed by atoms with Crippen LogP contribution >= 0.6 is 0 Å². The smallest absolute Gasteiger partial charge is 0.311 e. The van der Waals surface area contributed by atoms with Crippen LogP contribution < -0.4 is 5.43 Å². The third kappa shape index (κ3) is 3.85. The molecule has 9 nitrogen and oxygen atoms in total. The Balaban J connectivity index is 1.50. The Kier molecular flexibility index (Phi) is 4.92. The summed E-state index contributed by atoms with van der Waals surface area (Å²) >= 11 is 0. The number of carbonyl (C=O) groups is 1. The van der Waals surface area contributed by atoms with Gasteiger partial charge in [-0.2, -0.15) is 5.10 Å². The predicted molar refractivity (Wildman–Crippen MR) is 111 cm³/mol. The van der Waals surface area contributed by atoms with Gasteiger partial charge in [0.2, 0.25) is 0 Å². The first-order chi connectivity index (χ1) is 14.5. The highest BCUT2D eigenvalue weighted by molar-refractivity contribution is 5.98. The van der Waals surface area contributed by atoms with Crippen molar-refractivity contribution in [2.24, 2.45) is 5.10 Å². The van der Waals surface area contributed by atoms with Crippen LogP contribution in [0.5, 0.6) is 5.75 Å². The Morgan fingerprint density at radius 1 is 1.13 bits per heavy atom. The van der Waals surface area contributed by atoms with Crippen molar-refractivity contribution in [3.8, 4) is 17.1 Å². The van der Waals surface area contributed by atoms with E-state index in [0.29, 0.717) is 22.5 Å². The molecule has 0 unspecified atom stereocenters. The maximum atomic E-state index is 12.4. The standard InChI is InChI=1S/C21H15N5O4/c27-19-9-6-13(10-18(19)26(29)30)12-22-25-21(28)15-7-8-16-17(11-15)24-20(23-16)14-4-2-1-3-5-14/h1-12,27H,(H,23,24)(H,25,28)/b22-12+. The van der Waals surface area contributed by atoms with Gasteiger partial charge in [-0.05, 0) is 30.3 Å². The molecule has 148 valence electrons. The van der Waals surface area contributed by atoms with E-state index in [-0.39, 0.29) is 0 Å². The van der Waals surface area contributed by atoms with E-state index in [1.807, 2.05) is 30.3 Å².